The minimum Gasteiger partial charge on any atom is -0.354 e. The minimum absolute atomic E-state index is 0.842. The van der Waals surface area contributed by atoms with Crippen LogP contribution in [0.25, 0.3) is 0 Å². The van der Waals surface area contributed by atoms with Crippen molar-refractivity contribution in [2.75, 3.05) is 6.54 Å². The van der Waals surface area contributed by atoms with Crippen LogP contribution in [0.2, 0.25) is 0 Å². The van der Waals surface area contributed by atoms with Gasteiger partial charge in [-0.25, -0.2) is 0 Å². The number of rotatable bonds is 9. The summed E-state index contributed by atoms with van der Waals surface area (Å²) in [7, 11) is 0. The fraction of sp³-hybridized carbons (Fsp3) is 0.733. The zero-order valence-corrected chi connectivity index (χ0v) is 11.7. The average molecular weight is 236 g/mol. The Balaban J connectivity index is 2.40. The molecule has 1 heterocycles. The van der Waals surface area contributed by atoms with Crippen LogP contribution in [-0.4, -0.2) is 11.1 Å². The van der Waals surface area contributed by atoms with Gasteiger partial charge in [0.05, 0.1) is 0 Å². The average Bonchev–Trinajstić information content (AvgIpc) is 2.79. The van der Waals surface area contributed by atoms with E-state index in [1.807, 2.05) is 0 Å². The molecule has 2 heteroatoms. The molecular formula is C15H28N2. The van der Waals surface area contributed by atoms with E-state index in [-0.39, 0.29) is 0 Å². The lowest BCUT2D eigenvalue weighted by Crippen LogP contribution is -2.11. The second-order valence-corrected chi connectivity index (χ2v) is 4.91. The van der Waals surface area contributed by atoms with E-state index in [0.29, 0.717) is 0 Å². The first-order valence-electron chi connectivity index (χ1n) is 7.15. The van der Waals surface area contributed by atoms with E-state index >= 15 is 0 Å². The van der Waals surface area contributed by atoms with Crippen LogP contribution in [0.5, 0.6) is 0 Å². The van der Waals surface area contributed by atoms with Crippen LogP contribution in [0, 0.1) is 5.92 Å². The number of nitrogens with zero attached hydrogens (tertiary/aromatic N) is 1. The molecule has 0 aliphatic carbocycles. The third-order valence-corrected chi connectivity index (χ3v) is 3.40. The fourth-order valence-corrected chi connectivity index (χ4v) is 2.19. The van der Waals surface area contributed by atoms with Gasteiger partial charge in [0.2, 0.25) is 0 Å². The highest BCUT2D eigenvalue weighted by molar-refractivity contribution is 5.09. The maximum atomic E-state index is 3.37. The molecule has 1 N–H and O–H groups in total. The van der Waals surface area contributed by atoms with Gasteiger partial charge in [-0.05, 0) is 30.5 Å². The predicted octanol–water partition coefficient (Wildman–Crippen LogP) is 3.81. The van der Waals surface area contributed by atoms with Crippen molar-refractivity contribution in [1.82, 2.24) is 9.88 Å². The van der Waals surface area contributed by atoms with Gasteiger partial charge in [-0.15, -0.1) is 0 Å². The van der Waals surface area contributed by atoms with Crippen LogP contribution in [0.3, 0.4) is 0 Å². The molecule has 0 radical (unpaired) electrons. The molecule has 1 aromatic heterocycles. The summed E-state index contributed by atoms with van der Waals surface area (Å²) in [4.78, 5) is 0. The summed E-state index contributed by atoms with van der Waals surface area (Å²) in [5.74, 6) is 0.842. The van der Waals surface area contributed by atoms with Crippen molar-refractivity contribution in [3.05, 3.63) is 24.0 Å². The van der Waals surface area contributed by atoms with E-state index in [0.717, 1.165) is 19.0 Å². The number of aromatic nitrogens is 1. The van der Waals surface area contributed by atoms with E-state index in [1.165, 1.54) is 37.8 Å². The molecule has 0 bridgehead atoms. The van der Waals surface area contributed by atoms with E-state index in [2.05, 4.69) is 49.1 Å². The first-order valence-corrected chi connectivity index (χ1v) is 7.15. The first kappa shape index (κ1) is 14.3. The van der Waals surface area contributed by atoms with Gasteiger partial charge in [0.15, 0.2) is 0 Å². The maximum Gasteiger partial charge on any atom is 0.0247 e. The van der Waals surface area contributed by atoms with Gasteiger partial charge < -0.3 is 9.88 Å². The summed E-state index contributed by atoms with van der Waals surface area (Å²) in [5, 5.41) is 3.37. The second kappa shape index (κ2) is 8.35. The molecule has 0 saturated carbocycles. The molecule has 2 nitrogen and oxygen atoms in total. The molecule has 0 spiro atoms. The van der Waals surface area contributed by atoms with Crippen molar-refractivity contribution in [2.45, 2.75) is 59.5 Å². The van der Waals surface area contributed by atoms with Crippen molar-refractivity contribution >= 4 is 0 Å². The Morgan fingerprint density at radius 3 is 2.76 bits per heavy atom. The van der Waals surface area contributed by atoms with Gasteiger partial charge in [0.25, 0.3) is 0 Å². The zero-order valence-electron chi connectivity index (χ0n) is 11.7. The number of hydrogen-bond donors (Lipinski definition) is 1. The highest BCUT2D eigenvalue weighted by Gasteiger charge is 2.06. The van der Waals surface area contributed by atoms with Gasteiger partial charge in [-0.2, -0.15) is 0 Å². The molecular weight excluding hydrogens is 208 g/mol. The lowest BCUT2D eigenvalue weighted by Gasteiger charge is -2.15. The van der Waals surface area contributed by atoms with Crippen molar-refractivity contribution in [3.8, 4) is 0 Å². The largest absolute Gasteiger partial charge is 0.354 e. The topological polar surface area (TPSA) is 17.0 Å². The molecule has 0 aliphatic heterocycles. The normalized spacial score (nSPS) is 12.9. The van der Waals surface area contributed by atoms with Crippen LogP contribution < -0.4 is 5.32 Å². The maximum absolute atomic E-state index is 3.37. The number of hydrogen-bond acceptors (Lipinski definition) is 1. The van der Waals surface area contributed by atoms with Crippen LogP contribution in [0.15, 0.2) is 18.5 Å². The van der Waals surface area contributed by atoms with E-state index in [9.17, 15) is 0 Å². The summed E-state index contributed by atoms with van der Waals surface area (Å²) in [6, 6.07) is 2.23. The molecule has 1 aromatic rings. The minimum atomic E-state index is 0.842. The van der Waals surface area contributed by atoms with Crippen LogP contribution in [-0.2, 0) is 13.1 Å². The molecule has 0 amide bonds. The summed E-state index contributed by atoms with van der Waals surface area (Å²) in [6.07, 6.45) is 9.85. The molecule has 0 aliphatic rings. The molecule has 1 unspecified atom stereocenters. The van der Waals surface area contributed by atoms with Crippen molar-refractivity contribution in [2.24, 2.45) is 5.92 Å². The lowest BCUT2D eigenvalue weighted by atomic mass is 9.99. The molecule has 1 atom stereocenters. The number of nitrogens with one attached hydrogen (secondary N) is 1. The lowest BCUT2D eigenvalue weighted by molar-refractivity contribution is 0.391. The molecule has 17 heavy (non-hydrogen) atoms. The number of unbranched alkanes of at least 4 members (excludes halogenated alkanes) is 1. The Kier molecular flexibility index (Phi) is 7.02. The summed E-state index contributed by atoms with van der Waals surface area (Å²) >= 11 is 0. The molecule has 98 valence electrons. The van der Waals surface area contributed by atoms with Gasteiger partial charge in [-0.1, -0.05) is 40.0 Å². The van der Waals surface area contributed by atoms with Crippen molar-refractivity contribution in [1.29, 1.82) is 0 Å². The monoisotopic (exact) mass is 236 g/mol. The first-order chi connectivity index (χ1) is 8.30. The Morgan fingerprint density at radius 2 is 2.12 bits per heavy atom. The quantitative estimate of drug-likeness (QED) is 0.690. The molecule has 0 aromatic carbocycles. The third-order valence-electron chi connectivity index (χ3n) is 3.40. The molecule has 0 saturated heterocycles. The Hall–Kier alpha value is -0.760. The zero-order chi connectivity index (χ0) is 12.5. The van der Waals surface area contributed by atoms with Crippen molar-refractivity contribution in [3.63, 3.8) is 0 Å². The third kappa shape index (κ3) is 5.40. The summed E-state index contributed by atoms with van der Waals surface area (Å²) in [6.45, 7) is 9.95. The van der Waals surface area contributed by atoms with E-state index in [1.54, 1.807) is 0 Å². The smallest absolute Gasteiger partial charge is 0.0247 e. The van der Waals surface area contributed by atoms with Crippen molar-refractivity contribution < 1.29 is 0 Å². The second-order valence-electron chi connectivity index (χ2n) is 4.91. The summed E-state index contributed by atoms with van der Waals surface area (Å²) < 4.78 is 2.36. The van der Waals surface area contributed by atoms with Crippen LogP contribution in [0.4, 0.5) is 0 Å². The van der Waals surface area contributed by atoms with Gasteiger partial charge >= 0.3 is 0 Å². The standard InChI is InChI=1S/C15H28N2/c1-4-7-8-14(5-2)12-17-10-9-15(13-17)11-16-6-3/h9-10,13-14,16H,4-8,11-12H2,1-3H3. The highest BCUT2D eigenvalue weighted by Crippen LogP contribution is 2.15. The SMILES string of the molecule is CCCCC(CC)Cn1ccc(CNCC)c1. The molecule has 0 fully saturated rings. The highest BCUT2D eigenvalue weighted by atomic mass is 14.9. The Morgan fingerprint density at radius 1 is 1.29 bits per heavy atom. The Labute approximate surface area is 106 Å². The van der Waals surface area contributed by atoms with Crippen LogP contribution in [0.1, 0.15) is 52.0 Å². The van der Waals surface area contributed by atoms with Gasteiger partial charge in [0, 0.05) is 25.5 Å². The van der Waals surface area contributed by atoms with E-state index < -0.39 is 0 Å². The van der Waals surface area contributed by atoms with Crippen LogP contribution >= 0.6 is 0 Å². The predicted molar refractivity (Wildman–Crippen MR) is 75.1 cm³/mol. The van der Waals surface area contributed by atoms with Gasteiger partial charge in [-0.3, -0.25) is 0 Å². The fourth-order valence-electron chi connectivity index (χ4n) is 2.19. The molecule has 1 rings (SSSR count). The Bertz CT molecular complexity index is 291. The summed E-state index contributed by atoms with van der Waals surface area (Å²) in [5.41, 5.74) is 1.40. The van der Waals surface area contributed by atoms with Gasteiger partial charge in [0.1, 0.15) is 0 Å². The van der Waals surface area contributed by atoms with E-state index in [4.69, 9.17) is 0 Å².